The number of hydrogen-bond donors (Lipinski definition) is 2. The quantitative estimate of drug-likeness (QED) is 0.805. The number of furan rings is 1. The topological polar surface area (TPSA) is 83.8 Å². The Hall–Kier alpha value is -1.86. The summed E-state index contributed by atoms with van der Waals surface area (Å²) in [5, 5.41) is 6.24. The van der Waals surface area contributed by atoms with Crippen molar-refractivity contribution in [3.8, 4) is 0 Å². The van der Waals surface area contributed by atoms with Crippen LogP contribution in [0.3, 0.4) is 0 Å². The highest BCUT2D eigenvalue weighted by atomic mass is 16.5. The first kappa shape index (κ1) is 17.9. The third kappa shape index (κ3) is 4.61. The van der Waals surface area contributed by atoms with Gasteiger partial charge < -0.3 is 24.7 Å². The van der Waals surface area contributed by atoms with Crippen LogP contribution < -0.4 is 10.6 Å². The van der Waals surface area contributed by atoms with E-state index in [4.69, 9.17) is 9.15 Å². The molecule has 2 saturated heterocycles. The van der Waals surface area contributed by atoms with Gasteiger partial charge >= 0.3 is 0 Å². The zero-order valence-corrected chi connectivity index (χ0v) is 14.8. The first-order valence-electron chi connectivity index (χ1n) is 9.05. The number of rotatable bonds is 6. The number of likely N-dealkylation sites (tertiary alicyclic amines) is 1. The summed E-state index contributed by atoms with van der Waals surface area (Å²) in [5.41, 5.74) is 0. The molecule has 1 aromatic heterocycles. The molecule has 2 fully saturated rings. The summed E-state index contributed by atoms with van der Waals surface area (Å²) in [6.07, 6.45) is 3.93. The molecule has 2 aliphatic heterocycles. The van der Waals surface area contributed by atoms with Crippen molar-refractivity contribution < 1.29 is 18.7 Å². The Morgan fingerprint density at radius 2 is 2.24 bits per heavy atom. The van der Waals surface area contributed by atoms with E-state index in [2.05, 4.69) is 10.6 Å². The largest absolute Gasteiger partial charge is 0.453 e. The van der Waals surface area contributed by atoms with Crippen molar-refractivity contribution in [3.05, 3.63) is 23.7 Å². The van der Waals surface area contributed by atoms with Crippen molar-refractivity contribution in [1.29, 1.82) is 0 Å². The van der Waals surface area contributed by atoms with E-state index in [1.807, 2.05) is 4.90 Å². The Labute approximate surface area is 148 Å². The maximum absolute atomic E-state index is 12.6. The molecule has 2 unspecified atom stereocenters. The third-order valence-corrected chi connectivity index (χ3v) is 4.91. The molecule has 2 atom stereocenters. The molecule has 0 radical (unpaired) electrons. The van der Waals surface area contributed by atoms with Crippen molar-refractivity contribution >= 4 is 11.8 Å². The van der Waals surface area contributed by atoms with E-state index in [1.165, 1.54) is 0 Å². The van der Waals surface area contributed by atoms with Gasteiger partial charge in [-0.25, -0.2) is 0 Å². The van der Waals surface area contributed by atoms with Crippen LogP contribution >= 0.6 is 0 Å². The highest BCUT2D eigenvalue weighted by Gasteiger charge is 2.28. The van der Waals surface area contributed by atoms with Crippen LogP contribution in [0, 0.1) is 5.92 Å². The maximum atomic E-state index is 12.6. The molecule has 1 aromatic rings. The summed E-state index contributed by atoms with van der Waals surface area (Å²) in [6, 6.07) is 3.42. The minimum atomic E-state index is -0.0872. The van der Waals surface area contributed by atoms with Crippen LogP contribution in [0.25, 0.3) is 0 Å². The lowest BCUT2D eigenvalue weighted by Gasteiger charge is -2.32. The van der Waals surface area contributed by atoms with Gasteiger partial charge in [0, 0.05) is 26.7 Å². The standard InChI is InChI=1S/C18H27N3O4/c1-24-12-14-6-7-16(25-14)18(23)21-9-3-4-13(11-21)10-20-17(22)15-5-2-8-19-15/h6-7,13,15,19H,2-5,8-12H2,1H3,(H,20,22). The normalized spacial score (nSPS) is 23.6. The monoisotopic (exact) mass is 349 g/mol. The molecule has 0 bridgehead atoms. The number of nitrogens with zero attached hydrogens (tertiary/aromatic N) is 1. The van der Waals surface area contributed by atoms with Crippen LogP contribution in [0.4, 0.5) is 0 Å². The Morgan fingerprint density at radius 1 is 1.36 bits per heavy atom. The molecular weight excluding hydrogens is 322 g/mol. The molecular formula is C18H27N3O4. The summed E-state index contributed by atoms with van der Waals surface area (Å²) >= 11 is 0. The van der Waals surface area contributed by atoms with Crippen LogP contribution in [-0.4, -0.2) is 56.0 Å². The number of hydrogen-bond acceptors (Lipinski definition) is 5. The molecule has 2 amide bonds. The second kappa shape index (κ2) is 8.49. The predicted octanol–water partition coefficient (Wildman–Crippen LogP) is 1.15. The van der Waals surface area contributed by atoms with Crippen molar-refractivity contribution in [2.75, 3.05) is 33.3 Å². The third-order valence-electron chi connectivity index (χ3n) is 4.91. The van der Waals surface area contributed by atoms with E-state index in [0.717, 1.165) is 38.8 Å². The Bertz CT molecular complexity index is 595. The van der Waals surface area contributed by atoms with E-state index in [0.29, 0.717) is 31.2 Å². The first-order chi connectivity index (χ1) is 12.2. The van der Waals surface area contributed by atoms with Crippen LogP contribution in [0.1, 0.15) is 42.0 Å². The highest BCUT2D eigenvalue weighted by Crippen LogP contribution is 2.19. The number of ether oxygens (including phenoxy) is 1. The number of nitrogens with one attached hydrogen (secondary N) is 2. The van der Waals surface area contributed by atoms with Gasteiger partial charge in [0.15, 0.2) is 5.76 Å². The fourth-order valence-electron chi connectivity index (χ4n) is 3.56. The fourth-order valence-corrected chi connectivity index (χ4v) is 3.56. The summed E-state index contributed by atoms with van der Waals surface area (Å²) in [4.78, 5) is 26.5. The summed E-state index contributed by atoms with van der Waals surface area (Å²) < 4.78 is 10.6. The van der Waals surface area contributed by atoms with E-state index in [9.17, 15) is 9.59 Å². The molecule has 3 heterocycles. The van der Waals surface area contributed by atoms with E-state index >= 15 is 0 Å². The lowest BCUT2D eigenvalue weighted by molar-refractivity contribution is -0.123. The molecule has 0 spiro atoms. The molecule has 7 heteroatoms. The maximum Gasteiger partial charge on any atom is 0.289 e. The summed E-state index contributed by atoms with van der Waals surface area (Å²) in [7, 11) is 1.59. The molecule has 138 valence electrons. The van der Waals surface area contributed by atoms with Crippen molar-refractivity contribution in [3.63, 3.8) is 0 Å². The lowest BCUT2D eigenvalue weighted by Crippen LogP contribution is -2.46. The molecule has 7 nitrogen and oxygen atoms in total. The van der Waals surface area contributed by atoms with Gasteiger partial charge in [0.25, 0.3) is 5.91 Å². The molecule has 0 aromatic carbocycles. The highest BCUT2D eigenvalue weighted by molar-refractivity contribution is 5.91. The molecule has 0 aliphatic carbocycles. The Morgan fingerprint density at radius 3 is 3.00 bits per heavy atom. The van der Waals surface area contributed by atoms with Crippen molar-refractivity contribution in [1.82, 2.24) is 15.5 Å². The molecule has 3 rings (SSSR count). The molecule has 25 heavy (non-hydrogen) atoms. The average molecular weight is 349 g/mol. The second-order valence-corrected chi connectivity index (χ2v) is 6.85. The fraction of sp³-hybridized carbons (Fsp3) is 0.667. The van der Waals surface area contributed by atoms with Crippen LogP contribution in [0.15, 0.2) is 16.5 Å². The second-order valence-electron chi connectivity index (χ2n) is 6.85. The zero-order chi connectivity index (χ0) is 17.6. The zero-order valence-electron chi connectivity index (χ0n) is 14.8. The van der Waals surface area contributed by atoms with Gasteiger partial charge in [-0.2, -0.15) is 0 Å². The van der Waals surface area contributed by atoms with Gasteiger partial charge in [0.2, 0.25) is 5.91 Å². The van der Waals surface area contributed by atoms with E-state index in [1.54, 1.807) is 19.2 Å². The number of piperidine rings is 1. The smallest absolute Gasteiger partial charge is 0.289 e. The van der Waals surface area contributed by atoms with Gasteiger partial charge in [0.1, 0.15) is 12.4 Å². The molecule has 2 N–H and O–H groups in total. The van der Waals surface area contributed by atoms with Gasteiger partial charge in [0.05, 0.1) is 6.04 Å². The van der Waals surface area contributed by atoms with Crippen LogP contribution in [0.5, 0.6) is 0 Å². The number of methoxy groups -OCH3 is 1. The number of amides is 2. The molecule has 0 saturated carbocycles. The van der Waals surface area contributed by atoms with E-state index in [-0.39, 0.29) is 23.8 Å². The van der Waals surface area contributed by atoms with Crippen LogP contribution in [0.2, 0.25) is 0 Å². The van der Waals surface area contributed by atoms with Crippen molar-refractivity contribution in [2.24, 2.45) is 5.92 Å². The van der Waals surface area contributed by atoms with Gasteiger partial charge in [-0.15, -0.1) is 0 Å². The van der Waals surface area contributed by atoms with Gasteiger partial charge in [-0.1, -0.05) is 0 Å². The number of carbonyl (C=O) groups is 2. The van der Waals surface area contributed by atoms with Gasteiger partial charge in [-0.3, -0.25) is 9.59 Å². The predicted molar refractivity (Wildman–Crippen MR) is 92.1 cm³/mol. The van der Waals surface area contributed by atoms with Crippen LogP contribution in [-0.2, 0) is 16.1 Å². The van der Waals surface area contributed by atoms with Gasteiger partial charge in [-0.05, 0) is 50.3 Å². The summed E-state index contributed by atoms with van der Waals surface area (Å²) in [6.45, 7) is 3.27. The summed E-state index contributed by atoms with van der Waals surface area (Å²) in [5.74, 6) is 1.28. The molecule has 2 aliphatic rings. The Kier molecular flexibility index (Phi) is 6.09. The van der Waals surface area contributed by atoms with E-state index < -0.39 is 0 Å². The Balaban J connectivity index is 1.49. The minimum Gasteiger partial charge on any atom is -0.453 e. The first-order valence-corrected chi connectivity index (χ1v) is 9.05. The van der Waals surface area contributed by atoms with Crippen molar-refractivity contribution in [2.45, 2.75) is 38.3 Å². The lowest BCUT2D eigenvalue weighted by atomic mass is 9.97. The SMILES string of the molecule is COCc1ccc(C(=O)N2CCCC(CNC(=O)C3CCCN3)C2)o1. The minimum absolute atomic E-state index is 0.0522. The number of carbonyl (C=O) groups excluding carboxylic acids is 2. The average Bonchev–Trinajstić information content (AvgIpc) is 3.31.